The molecule has 4 N–H and O–H groups in total. The molecule has 1 heterocycles. The van der Waals surface area contributed by atoms with Gasteiger partial charge in [0.05, 0.1) is 4.92 Å². The van der Waals surface area contributed by atoms with E-state index in [2.05, 4.69) is 9.97 Å². The molecule has 0 saturated carbocycles. The van der Waals surface area contributed by atoms with Gasteiger partial charge in [0.1, 0.15) is 0 Å². The Morgan fingerprint density at radius 1 is 1.25 bits per heavy atom. The first-order chi connectivity index (χ1) is 9.54. The van der Waals surface area contributed by atoms with Gasteiger partial charge in [-0.3, -0.25) is 10.1 Å². The lowest BCUT2D eigenvalue weighted by atomic mass is 10.2. The quantitative estimate of drug-likeness (QED) is 0.642. The molecule has 0 amide bonds. The molecule has 2 aromatic rings. The van der Waals surface area contributed by atoms with Gasteiger partial charge in [-0.25, -0.2) is 0 Å². The van der Waals surface area contributed by atoms with Crippen LogP contribution in [-0.2, 0) is 0 Å². The van der Waals surface area contributed by atoms with E-state index < -0.39 is 4.92 Å². The summed E-state index contributed by atoms with van der Waals surface area (Å²) in [7, 11) is 0. The van der Waals surface area contributed by atoms with E-state index in [1.165, 1.54) is 0 Å². The van der Waals surface area contributed by atoms with Crippen LogP contribution in [0.1, 0.15) is 6.92 Å². The molecule has 104 valence electrons. The Bertz CT molecular complexity index is 631. The SMILES string of the molecule is CCN(c1ccccc1)c1nc(N)nc(N)c1[N+](=O)[O-]. The van der Waals surface area contributed by atoms with Crippen molar-refractivity contribution < 1.29 is 4.92 Å². The van der Waals surface area contributed by atoms with Gasteiger partial charge in [-0.1, -0.05) is 18.2 Å². The number of rotatable bonds is 4. The van der Waals surface area contributed by atoms with E-state index in [0.29, 0.717) is 6.54 Å². The lowest BCUT2D eigenvalue weighted by molar-refractivity contribution is -0.383. The fraction of sp³-hybridized carbons (Fsp3) is 0.167. The second-order valence-corrected chi connectivity index (χ2v) is 3.98. The van der Waals surface area contributed by atoms with Crippen molar-refractivity contribution in [1.29, 1.82) is 0 Å². The molecule has 0 bridgehead atoms. The average Bonchev–Trinajstić information content (AvgIpc) is 2.39. The Kier molecular flexibility index (Phi) is 3.65. The summed E-state index contributed by atoms with van der Waals surface area (Å²) in [5, 5.41) is 11.2. The summed E-state index contributed by atoms with van der Waals surface area (Å²) < 4.78 is 0. The van der Waals surface area contributed by atoms with Crippen LogP contribution in [0.4, 0.5) is 29.0 Å². The lowest BCUT2D eigenvalue weighted by Crippen LogP contribution is -2.20. The van der Waals surface area contributed by atoms with Crippen molar-refractivity contribution in [3.8, 4) is 0 Å². The summed E-state index contributed by atoms with van der Waals surface area (Å²) >= 11 is 0. The fourth-order valence-electron chi connectivity index (χ4n) is 1.90. The normalized spacial score (nSPS) is 10.2. The van der Waals surface area contributed by atoms with Crippen LogP contribution < -0.4 is 16.4 Å². The molecule has 0 aliphatic rings. The third-order valence-corrected chi connectivity index (χ3v) is 2.73. The minimum absolute atomic E-state index is 0.0914. The molecule has 0 fully saturated rings. The maximum Gasteiger partial charge on any atom is 0.353 e. The van der Waals surface area contributed by atoms with Crippen LogP contribution in [0.25, 0.3) is 0 Å². The highest BCUT2D eigenvalue weighted by Gasteiger charge is 2.27. The van der Waals surface area contributed by atoms with Gasteiger partial charge in [0.15, 0.2) is 0 Å². The number of hydrogen-bond acceptors (Lipinski definition) is 7. The molecule has 0 radical (unpaired) electrons. The number of para-hydroxylation sites is 1. The monoisotopic (exact) mass is 274 g/mol. The Balaban J connectivity index is 2.63. The summed E-state index contributed by atoms with van der Waals surface area (Å²) in [6, 6.07) is 9.16. The second kappa shape index (κ2) is 5.39. The van der Waals surface area contributed by atoms with Crippen LogP contribution >= 0.6 is 0 Å². The van der Waals surface area contributed by atoms with Gasteiger partial charge in [0.25, 0.3) is 0 Å². The summed E-state index contributed by atoms with van der Waals surface area (Å²) in [6.45, 7) is 2.33. The largest absolute Gasteiger partial charge is 0.378 e. The number of nitrogen functional groups attached to an aromatic ring is 2. The molecule has 1 aromatic heterocycles. The predicted molar refractivity (Wildman–Crippen MR) is 76.6 cm³/mol. The summed E-state index contributed by atoms with van der Waals surface area (Å²) in [5.41, 5.74) is 11.6. The zero-order valence-electron chi connectivity index (χ0n) is 10.9. The number of nitrogens with zero attached hydrogens (tertiary/aromatic N) is 4. The second-order valence-electron chi connectivity index (χ2n) is 3.98. The Labute approximate surface area is 115 Å². The molecule has 2 rings (SSSR count). The van der Waals surface area contributed by atoms with E-state index in [0.717, 1.165) is 5.69 Å². The number of anilines is 4. The molecule has 0 saturated heterocycles. The third kappa shape index (κ3) is 2.44. The van der Waals surface area contributed by atoms with Crippen molar-refractivity contribution in [1.82, 2.24) is 9.97 Å². The van der Waals surface area contributed by atoms with Crippen molar-refractivity contribution in [3.05, 3.63) is 40.4 Å². The lowest BCUT2D eigenvalue weighted by Gasteiger charge is -2.22. The molecule has 0 atom stereocenters. The van der Waals surface area contributed by atoms with Gasteiger partial charge in [-0.05, 0) is 19.1 Å². The van der Waals surface area contributed by atoms with E-state index >= 15 is 0 Å². The van der Waals surface area contributed by atoms with Crippen LogP contribution in [0.3, 0.4) is 0 Å². The number of nitrogens with two attached hydrogens (primary N) is 2. The molecule has 0 aliphatic carbocycles. The highest BCUT2D eigenvalue weighted by Crippen LogP contribution is 2.35. The minimum Gasteiger partial charge on any atom is -0.378 e. The highest BCUT2D eigenvalue weighted by atomic mass is 16.6. The third-order valence-electron chi connectivity index (χ3n) is 2.73. The van der Waals surface area contributed by atoms with Gasteiger partial charge < -0.3 is 16.4 Å². The van der Waals surface area contributed by atoms with Crippen molar-refractivity contribution in [2.45, 2.75) is 6.92 Å². The molecular weight excluding hydrogens is 260 g/mol. The van der Waals surface area contributed by atoms with Crippen LogP contribution in [-0.4, -0.2) is 21.4 Å². The molecular formula is C12H14N6O2. The number of nitro groups is 1. The Hall–Kier alpha value is -2.90. The average molecular weight is 274 g/mol. The summed E-state index contributed by atoms with van der Waals surface area (Å²) in [4.78, 5) is 19.9. The van der Waals surface area contributed by atoms with E-state index in [9.17, 15) is 10.1 Å². The molecule has 0 unspecified atom stereocenters. The standard InChI is InChI=1S/C12H14N6O2/c1-2-17(8-6-4-3-5-7-8)11-9(18(19)20)10(13)15-12(14)16-11/h3-7H,2H2,1H3,(H4,13,14,15,16). The molecule has 0 spiro atoms. The minimum atomic E-state index is -0.601. The van der Waals surface area contributed by atoms with E-state index in [4.69, 9.17) is 11.5 Å². The first-order valence-electron chi connectivity index (χ1n) is 5.94. The van der Waals surface area contributed by atoms with Crippen molar-refractivity contribution in [2.24, 2.45) is 0 Å². The van der Waals surface area contributed by atoms with Crippen molar-refractivity contribution >= 4 is 29.0 Å². The first kappa shape index (κ1) is 13.5. The summed E-state index contributed by atoms with van der Waals surface area (Å²) in [6.07, 6.45) is 0. The molecule has 0 aliphatic heterocycles. The van der Waals surface area contributed by atoms with Crippen LogP contribution in [0.5, 0.6) is 0 Å². The summed E-state index contributed by atoms with van der Waals surface area (Å²) in [5.74, 6) is -0.252. The van der Waals surface area contributed by atoms with Gasteiger partial charge >= 0.3 is 5.69 Å². The fourth-order valence-corrected chi connectivity index (χ4v) is 1.90. The predicted octanol–water partition coefficient (Wildman–Crippen LogP) is 1.71. The first-order valence-corrected chi connectivity index (χ1v) is 5.94. The van der Waals surface area contributed by atoms with Crippen molar-refractivity contribution in [3.63, 3.8) is 0 Å². The number of benzene rings is 1. The van der Waals surface area contributed by atoms with Gasteiger partial charge in [0, 0.05) is 12.2 Å². The van der Waals surface area contributed by atoms with Crippen LogP contribution in [0.2, 0.25) is 0 Å². The zero-order valence-corrected chi connectivity index (χ0v) is 10.9. The zero-order chi connectivity index (χ0) is 14.7. The Morgan fingerprint density at radius 2 is 1.90 bits per heavy atom. The molecule has 8 nitrogen and oxygen atoms in total. The number of aromatic nitrogens is 2. The van der Waals surface area contributed by atoms with Gasteiger partial charge in [-0.15, -0.1) is 0 Å². The van der Waals surface area contributed by atoms with E-state index in [-0.39, 0.29) is 23.3 Å². The van der Waals surface area contributed by atoms with Crippen molar-refractivity contribution in [2.75, 3.05) is 22.9 Å². The topological polar surface area (TPSA) is 124 Å². The molecule has 8 heteroatoms. The maximum atomic E-state index is 11.2. The molecule has 20 heavy (non-hydrogen) atoms. The van der Waals surface area contributed by atoms with E-state index in [1.54, 1.807) is 4.90 Å². The Morgan fingerprint density at radius 3 is 2.45 bits per heavy atom. The maximum absolute atomic E-state index is 11.2. The highest BCUT2D eigenvalue weighted by molar-refractivity contribution is 5.75. The number of hydrogen-bond donors (Lipinski definition) is 2. The van der Waals surface area contributed by atoms with Gasteiger partial charge in [-0.2, -0.15) is 9.97 Å². The van der Waals surface area contributed by atoms with Gasteiger partial charge in [0.2, 0.25) is 17.6 Å². The van der Waals surface area contributed by atoms with Crippen LogP contribution in [0, 0.1) is 10.1 Å². The van der Waals surface area contributed by atoms with Crippen LogP contribution in [0.15, 0.2) is 30.3 Å². The molecule has 1 aromatic carbocycles. The smallest absolute Gasteiger partial charge is 0.353 e. The van der Waals surface area contributed by atoms with E-state index in [1.807, 2.05) is 37.3 Å².